The van der Waals surface area contributed by atoms with Gasteiger partial charge in [-0.25, -0.2) is 9.97 Å². The Kier molecular flexibility index (Phi) is 15.2. The first kappa shape index (κ1) is 50.3. The van der Waals surface area contributed by atoms with Crippen LogP contribution in [0.2, 0.25) is 0 Å². The predicted octanol–water partition coefficient (Wildman–Crippen LogP) is 7.20. The number of aromatic nitrogens is 4. The second-order valence-corrected chi connectivity index (χ2v) is 19.2. The van der Waals surface area contributed by atoms with E-state index in [9.17, 15) is 41.9 Å². The number of pyridine rings is 2. The normalized spacial score (nSPS) is 20.6. The molecule has 3 fully saturated rings. The summed E-state index contributed by atoms with van der Waals surface area (Å²) < 4.78 is 47.6. The summed E-state index contributed by atoms with van der Waals surface area (Å²) in [4.78, 5) is 89.4. The number of nitrogens with one attached hydrogen (secondary N) is 3. The molecule has 0 radical (unpaired) electrons. The van der Waals surface area contributed by atoms with Crippen LogP contribution in [0.5, 0.6) is 5.75 Å². The van der Waals surface area contributed by atoms with Gasteiger partial charge in [-0.15, -0.1) is 0 Å². The summed E-state index contributed by atoms with van der Waals surface area (Å²) in [6.45, 7) is 1.65. The summed E-state index contributed by atoms with van der Waals surface area (Å²) in [6.07, 6.45) is 8.92. The molecule has 382 valence electrons. The number of anilines is 2. The van der Waals surface area contributed by atoms with Crippen molar-refractivity contribution >= 4 is 64.1 Å². The lowest BCUT2D eigenvalue weighted by Gasteiger charge is -2.32. The van der Waals surface area contributed by atoms with Crippen LogP contribution in [-0.4, -0.2) is 104 Å². The molecule has 9 rings (SSSR count). The zero-order valence-electron chi connectivity index (χ0n) is 40.2. The highest BCUT2D eigenvalue weighted by molar-refractivity contribution is 6.06. The predicted molar refractivity (Wildman–Crippen MR) is 264 cm³/mol. The van der Waals surface area contributed by atoms with Gasteiger partial charge in [0, 0.05) is 80.6 Å². The molecule has 6 amide bonds. The molecule has 5 aromatic rings. The molecule has 3 aromatic heterocycles. The van der Waals surface area contributed by atoms with Crippen LogP contribution < -0.4 is 26.4 Å². The summed E-state index contributed by atoms with van der Waals surface area (Å²) in [6, 6.07) is 14.9. The summed E-state index contributed by atoms with van der Waals surface area (Å²) in [5, 5.41) is 13.8. The standard InChI is InChI=1S/C53H57F3N10O7/c54-53(55,56)37-19-23-58-42(28-37)61-51(71)35-10-8-34(9-11-35)48-47-49-36(30-59-50(47)57)4-1-2-24-64(27-22-44(68)60-38-5-3-6-39(29-38)66(49)63-48)45(69)18-7-32-20-25-65(26-21-32)46(70)31-73-40-14-12-33(13-15-40)41-16-17-43(67)62-52(41)72/h1,4,8-15,19,23,28,30,32,38-39,41H,2-3,5-7,16-18,20-22,24-27,29,31H2,(H2,57,59)(H,60,68)(H,58,61,71)(H,62,67,72)/b4-1+/t38-,39-,41?/m1/s1. The van der Waals surface area contributed by atoms with Crippen molar-refractivity contribution in [2.24, 2.45) is 5.92 Å². The van der Waals surface area contributed by atoms with E-state index >= 15 is 0 Å². The maximum atomic E-state index is 13.9. The van der Waals surface area contributed by atoms with E-state index in [4.69, 9.17) is 15.6 Å². The lowest BCUT2D eigenvalue weighted by Crippen LogP contribution is -2.42. The van der Waals surface area contributed by atoms with Gasteiger partial charge in [0.05, 0.1) is 28.4 Å². The summed E-state index contributed by atoms with van der Waals surface area (Å²) in [5.41, 5.74) is 9.36. The van der Waals surface area contributed by atoms with Crippen LogP contribution >= 0.6 is 0 Å². The number of imide groups is 1. The number of hydrogen-bond acceptors (Lipinski definition) is 11. The number of piperidine rings is 2. The number of nitrogen functional groups attached to an aromatic ring is 1. The summed E-state index contributed by atoms with van der Waals surface area (Å²) >= 11 is 0. The Labute approximate surface area is 419 Å². The Bertz CT molecular complexity index is 2920. The van der Waals surface area contributed by atoms with Crippen LogP contribution in [0, 0.1) is 5.92 Å². The van der Waals surface area contributed by atoms with E-state index in [0.717, 1.165) is 67.1 Å². The first-order valence-corrected chi connectivity index (χ1v) is 24.9. The third-order valence-corrected chi connectivity index (χ3v) is 14.3. The molecule has 3 atom stereocenters. The topological polar surface area (TPSA) is 224 Å². The zero-order chi connectivity index (χ0) is 51.2. The van der Waals surface area contributed by atoms with Gasteiger partial charge in [-0.3, -0.25) is 38.8 Å². The number of nitrogens with zero attached hydrogens (tertiary/aromatic N) is 6. The van der Waals surface area contributed by atoms with E-state index < -0.39 is 23.6 Å². The molecule has 5 N–H and O–H groups in total. The van der Waals surface area contributed by atoms with Crippen molar-refractivity contribution in [3.8, 4) is 17.0 Å². The van der Waals surface area contributed by atoms with Gasteiger partial charge >= 0.3 is 6.18 Å². The molecular formula is C53H57F3N10O7. The number of carbonyl (C=O) groups excluding carboxylic acids is 6. The first-order chi connectivity index (χ1) is 35.2. The Balaban J connectivity index is 0.827. The Morgan fingerprint density at radius 1 is 0.849 bits per heavy atom. The number of fused-ring (bicyclic) bond motifs is 3. The number of amides is 6. The third-order valence-electron chi connectivity index (χ3n) is 14.3. The molecule has 1 aliphatic carbocycles. The van der Waals surface area contributed by atoms with Crippen LogP contribution in [-0.2, 0) is 30.1 Å². The van der Waals surface area contributed by atoms with E-state index in [0.29, 0.717) is 74.1 Å². The minimum absolute atomic E-state index is 0.0335. The molecule has 1 unspecified atom stereocenters. The highest BCUT2D eigenvalue weighted by Crippen LogP contribution is 2.39. The van der Waals surface area contributed by atoms with Crippen molar-refractivity contribution in [3.63, 3.8) is 0 Å². The molecule has 3 aliphatic heterocycles. The number of ether oxygens (including phenoxy) is 1. The monoisotopic (exact) mass is 1000 g/mol. The van der Waals surface area contributed by atoms with Crippen molar-refractivity contribution in [1.29, 1.82) is 0 Å². The van der Waals surface area contributed by atoms with Crippen LogP contribution in [0.25, 0.3) is 28.2 Å². The number of benzene rings is 2. The van der Waals surface area contributed by atoms with Crippen LogP contribution in [0.1, 0.15) is 116 Å². The minimum atomic E-state index is -4.60. The fourth-order valence-electron chi connectivity index (χ4n) is 10.3. The average molecular weight is 1000 g/mol. The average Bonchev–Trinajstić information content (AvgIpc) is 3.80. The van der Waals surface area contributed by atoms with Gasteiger partial charge in [-0.1, -0.05) is 36.4 Å². The number of rotatable bonds is 10. The van der Waals surface area contributed by atoms with E-state index in [1.54, 1.807) is 64.5 Å². The maximum absolute atomic E-state index is 13.9. The smallest absolute Gasteiger partial charge is 0.416 e. The van der Waals surface area contributed by atoms with Crippen LogP contribution in [0.4, 0.5) is 24.8 Å². The van der Waals surface area contributed by atoms with Gasteiger partial charge in [0.2, 0.25) is 23.6 Å². The Morgan fingerprint density at radius 2 is 1.62 bits per heavy atom. The Hall–Kier alpha value is -7.64. The highest BCUT2D eigenvalue weighted by Gasteiger charge is 2.33. The van der Waals surface area contributed by atoms with Crippen molar-refractivity contribution in [2.75, 3.05) is 43.8 Å². The second kappa shape index (κ2) is 22.0. The van der Waals surface area contributed by atoms with Gasteiger partial charge in [0.25, 0.3) is 11.8 Å². The SMILES string of the molecule is Nc1ncc2c3c1c(-c1ccc(C(=O)Nc4cc(C(F)(F)F)ccn4)cc1)nn3[C@@H]1CCC[C@H](C1)NC(=O)CCN(C(=O)CCC1CCN(C(=O)COc3ccc(C4CCC(=O)NC4=O)cc3)CC1)CC/C=C/2. The molecule has 17 nitrogen and oxygen atoms in total. The molecule has 73 heavy (non-hydrogen) atoms. The van der Waals surface area contributed by atoms with E-state index in [1.807, 2.05) is 16.8 Å². The van der Waals surface area contributed by atoms with Crippen molar-refractivity contribution in [1.82, 2.24) is 40.2 Å². The van der Waals surface area contributed by atoms with E-state index in [-0.39, 0.29) is 90.7 Å². The summed E-state index contributed by atoms with van der Waals surface area (Å²) in [5.74, 6) is -1.14. The minimum Gasteiger partial charge on any atom is -0.484 e. The number of likely N-dealkylation sites (tertiary alicyclic amines) is 1. The van der Waals surface area contributed by atoms with E-state index in [2.05, 4.69) is 25.9 Å². The van der Waals surface area contributed by atoms with Gasteiger partial charge in [0.1, 0.15) is 23.1 Å². The molecule has 2 saturated heterocycles. The largest absolute Gasteiger partial charge is 0.484 e. The van der Waals surface area contributed by atoms with Gasteiger partial charge in [-0.2, -0.15) is 18.3 Å². The highest BCUT2D eigenvalue weighted by atomic mass is 19.4. The molecule has 4 aliphatic rings. The fraction of sp³-hybridized carbons (Fsp3) is 0.415. The number of carbonyl (C=O) groups is 6. The number of hydrogen-bond donors (Lipinski definition) is 4. The van der Waals surface area contributed by atoms with Crippen LogP contribution in [0.15, 0.2) is 79.1 Å². The first-order valence-electron chi connectivity index (χ1n) is 24.9. The zero-order valence-corrected chi connectivity index (χ0v) is 40.2. The molecular weight excluding hydrogens is 946 g/mol. The lowest BCUT2D eigenvalue weighted by atomic mass is 9.90. The fourth-order valence-corrected chi connectivity index (χ4v) is 10.3. The van der Waals surface area contributed by atoms with Gasteiger partial charge < -0.3 is 30.9 Å². The van der Waals surface area contributed by atoms with Crippen molar-refractivity contribution in [2.45, 2.75) is 101 Å². The molecule has 2 bridgehead atoms. The molecule has 1 saturated carbocycles. The lowest BCUT2D eigenvalue weighted by molar-refractivity contribution is -0.138. The molecule has 2 aromatic carbocycles. The Morgan fingerprint density at radius 3 is 2.37 bits per heavy atom. The van der Waals surface area contributed by atoms with Crippen molar-refractivity contribution < 1.29 is 46.7 Å². The quantitative estimate of drug-likeness (QED) is 0.102. The molecule has 0 spiro atoms. The van der Waals surface area contributed by atoms with Gasteiger partial charge in [-0.05, 0) is 106 Å². The molecule has 20 heteroatoms. The number of nitrogens with two attached hydrogens (primary N) is 1. The van der Waals surface area contributed by atoms with Gasteiger partial charge in [0.15, 0.2) is 6.61 Å². The van der Waals surface area contributed by atoms with E-state index in [1.165, 1.54) is 0 Å². The second-order valence-electron chi connectivity index (χ2n) is 19.2. The summed E-state index contributed by atoms with van der Waals surface area (Å²) in [7, 11) is 0. The maximum Gasteiger partial charge on any atom is 0.416 e. The number of halogens is 3. The number of alkyl halides is 3. The van der Waals surface area contributed by atoms with Crippen LogP contribution in [0.3, 0.4) is 0 Å². The third kappa shape index (κ3) is 12.0. The van der Waals surface area contributed by atoms with Crippen molar-refractivity contribution in [3.05, 3.63) is 101 Å². The molecule has 6 heterocycles.